The number of halogens is 2. The summed E-state index contributed by atoms with van der Waals surface area (Å²) >= 11 is 12.2. The number of fused-ring (bicyclic) bond motifs is 1. The molecule has 8 nitrogen and oxygen atoms in total. The van der Waals surface area contributed by atoms with Gasteiger partial charge in [-0.25, -0.2) is 9.78 Å². The molecule has 2 aromatic heterocycles. The second kappa shape index (κ2) is 6.54. The van der Waals surface area contributed by atoms with Gasteiger partial charge in [-0.1, -0.05) is 34.4 Å². The quantitative estimate of drug-likeness (QED) is 0.663. The van der Waals surface area contributed by atoms with Gasteiger partial charge in [0.25, 0.3) is 5.56 Å². The van der Waals surface area contributed by atoms with Gasteiger partial charge in [-0.2, -0.15) is 0 Å². The molecule has 0 spiro atoms. The highest BCUT2D eigenvalue weighted by atomic mass is 35.5. The Morgan fingerprint density at radius 1 is 1.22 bits per heavy atom. The first-order valence-corrected chi connectivity index (χ1v) is 8.91. The highest BCUT2D eigenvalue weighted by Gasteiger charge is 2.25. The zero-order chi connectivity index (χ0) is 19.3. The van der Waals surface area contributed by atoms with Crippen LogP contribution in [-0.2, 0) is 25.5 Å². The Labute approximate surface area is 163 Å². The zero-order valence-electron chi connectivity index (χ0n) is 14.5. The third kappa shape index (κ3) is 2.94. The van der Waals surface area contributed by atoms with Gasteiger partial charge in [0.1, 0.15) is 0 Å². The van der Waals surface area contributed by atoms with E-state index < -0.39 is 11.2 Å². The van der Waals surface area contributed by atoms with Gasteiger partial charge in [-0.15, -0.1) is 0 Å². The molecule has 3 heterocycles. The van der Waals surface area contributed by atoms with E-state index in [1.807, 2.05) is 0 Å². The summed E-state index contributed by atoms with van der Waals surface area (Å²) in [5.74, 6) is 0. The summed E-state index contributed by atoms with van der Waals surface area (Å²) < 4.78 is 4.09. The van der Waals surface area contributed by atoms with Crippen LogP contribution in [0, 0.1) is 0 Å². The molecule has 0 N–H and O–H groups in total. The molecule has 3 aromatic rings. The van der Waals surface area contributed by atoms with Crippen LogP contribution >= 0.6 is 23.2 Å². The van der Waals surface area contributed by atoms with E-state index in [0.29, 0.717) is 39.9 Å². The molecule has 4 rings (SSSR count). The summed E-state index contributed by atoms with van der Waals surface area (Å²) in [6.45, 7) is 0.363. The molecular formula is C17H15Cl2N5O3. The molecule has 1 aromatic carbocycles. The van der Waals surface area contributed by atoms with Crippen molar-refractivity contribution >= 4 is 40.1 Å². The van der Waals surface area contributed by atoms with Crippen molar-refractivity contribution in [1.82, 2.24) is 18.7 Å². The van der Waals surface area contributed by atoms with Crippen LogP contribution in [-0.4, -0.2) is 30.5 Å². The van der Waals surface area contributed by atoms with Crippen molar-refractivity contribution in [2.24, 2.45) is 19.3 Å². The first-order chi connectivity index (χ1) is 12.9. The number of imidazole rings is 1. The average molecular weight is 408 g/mol. The summed E-state index contributed by atoms with van der Waals surface area (Å²) in [6.07, 6.45) is 1.76. The van der Waals surface area contributed by atoms with Crippen molar-refractivity contribution in [3.63, 3.8) is 0 Å². The highest BCUT2D eigenvalue weighted by Crippen LogP contribution is 2.26. The lowest BCUT2D eigenvalue weighted by Crippen LogP contribution is -2.37. The monoisotopic (exact) mass is 407 g/mol. The number of aromatic nitrogens is 4. The lowest BCUT2D eigenvalue weighted by molar-refractivity contribution is 0.0733. The summed E-state index contributed by atoms with van der Waals surface area (Å²) in [7, 11) is 3.02. The minimum absolute atomic E-state index is 0.286. The summed E-state index contributed by atoms with van der Waals surface area (Å²) in [4.78, 5) is 34.3. The van der Waals surface area contributed by atoms with Crippen LogP contribution in [0.5, 0.6) is 0 Å². The Hall–Kier alpha value is -2.58. The molecule has 1 aliphatic heterocycles. The number of hydrogen-bond donors (Lipinski definition) is 0. The van der Waals surface area contributed by atoms with Gasteiger partial charge in [0.2, 0.25) is 0 Å². The van der Waals surface area contributed by atoms with Crippen molar-refractivity contribution in [1.29, 1.82) is 0 Å². The number of oxime groups is 1. The fourth-order valence-electron chi connectivity index (χ4n) is 3.16. The minimum Gasteiger partial charge on any atom is -0.390 e. The lowest BCUT2D eigenvalue weighted by atomic mass is 10.0. The molecule has 0 bridgehead atoms. The molecule has 0 amide bonds. The van der Waals surface area contributed by atoms with E-state index in [2.05, 4.69) is 10.1 Å². The number of aryl methyl sites for hydroxylation is 1. The van der Waals surface area contributed by atoms with E-state index >= 15 is 0 Å². The second-order valence-corrected chi connectivity index (χ2v) is 7.21. The number of rotatable bonds is 3. The molecule has 1 atom stereocenters. The molecule has 0 saturated carbocycles. The highest BCUT2D eigenvalue weighted by molar-refractivity contribution is 6.37. The van der Waals surface area contributed by atoms with Crippen LogP contribution in [0.1, 0.15) is 12.0 Å². The van der Waals surface area contributed by atoms with Crippen molar-refractivity contribution in [2.75, 3.05) is 0 Å². The minimum atomic E-state index is -0.419. The Balaban J connectivity index is 1.62. The maximum Gasteiger partial charge on any atom is 0.332 e. The van der Waals surface area contributed by atoms with Crippen LogP contribution in [0.25, 0.3) is 11.2 Å². The van der Waals surface area contributed by atoms with Crippen molar-refractivity contribution in [3.8, 4) is 0 Å². The van der Waals surface area contributed by atoms with Gasteiger partial charge in [-0.05, 0) is 12.1 Å². The van der Waals surface area contributed by atoms with E-state index in [9.17, 15) is 9.59 Å². The van der Waals surface area contributed by atoms with Crippen LogP contribution < -0.4 is 11.2 Å². The molecule has 0 aliphatic carbocycles. The fourth-order valence-corrected chi connectivity index (χ4v) is 3.68. The topological polar surface area (TPSA) is 83.4 Å². The zero-order valence-corrected chi connectivity index (χ0v) is 16.0. The third-order valence-corrected chi connectivity index (χ3v) is 5.14. The predicted molar refractivity (Wildman–Crippen MR) is 103 cm³/mol. The maximum absolute atomic E-state index is 12.5. The number of hydrogen-bond acceptors (Lipinski definition) is 5. The molecule has 140 valence electrons. The smallest absolute Gasteiger partial charge is 0.332 e. The lowest BCUT2D eigenvalue weighted by Gasteiger charge is -2.10. The third-order valence-electron chi connectivity index (χ3n) is 4.59. The van der Waals surface area contributed by atoms with Crippen LogP contribution in [0.2, 0.25) is 10.0 Å². The van der Waals surface area contributed by atoms with Gasteiger partial charge >= 0.3 is 5.69 Å². The molecular weight excluding hydrogens is 393 g/mol. The van der Waals surface area contributed by atoms with Crippen LogP contribution in [0.15, 0.2) is 39.3 Å². The second-order valence-electron chi connectivity index (χ2n) is 6.37. The van der Waals surface area contributed by atoms with Crippen LogP contribution in [0.3, 0.4) is 0 Å². The molecule has 27 heavy (non-hydrogen) atoms. The van der Waals surface area contributed by atoms with Crippen LogP contribution in [0.4, 0.5) is 0 Å². The summed E-state index contributed by atoms with van der Waals surface area (Å²) in [5, 5.41) is 5.18. The van der Waals surface area contributed by atoms with Gasteiger partial charge < -0.3 is 9.40 Å². The molecule has 1 aliphatic rings. The molecule has 0 radical (unpaired) electrons. The SMILES string of the molecule is Cn1c(=O)c2c(ncn2C[C@H]2CC(c3ccc(Cl)cc3Cl)=NO2)n(C)c1=O. The van der Waals surface area contributed by atoms with Gasteiger partial charge in [0, 0.05) is 31.1 Å². The summed E-state index contributed by atoms with van der Waals surface area (Å²) in [6, 6.07) is 5.20. The normalized spacial score (nSPS) is 16.6. The predicted octanol–water partition coefficient (Wildman–Crippen LogP) is 1.93. The molecule has 0 fully saturated rings. The first kappa shape index (κ1) is 17.8. The average Bonchev–Trinajstić information content (AvgIpc) is 3.26. The Morgan fingerprint density at radius 3 is 2.74 bits per heavy atom. The standard InChI is InChI=1S/C17H15Cl2N5O3/c1-22-15-14(16(25)23(2)17(22)26)24(8-20-15)7-10-6-13(21-27-10)11-4-3-9(18)5-12(11)19/h3-5,8,10H,6-7H2,1-2H3/t10-/m1/s1. The van der Waals surface area contributed by atoms with Gasteiger partial charge in [-0.3, -0.25) is 13.9 Å². The van der Waals surface area contributed by atoms with Crippen molar-refractivity contribution in [2.45, 2.75) is 19.1 Å². The maximum atomic E-state index is 12.5. The summed E-state index contributed by atoms with van der Waals surface area (Å²) in [5.41, 5.74) is 1.34. The first-order valence-electron chi connectivity index (χ1n) is 8.15. The Kier molecular flexibility index (Phi) is 4.32. The number of benzene rings is 1. The van der Waals surface area contributed by atoms with E-state index in [0.717, 1.165) is 10.1 Å². The van der Waals surface area contributed by atoms with Crippen molar-refractivity contribution in [3.05, 3.63) is 61.0 Å². The number of nitrogens with zero attached hydrogens (tertiary/aromatic N) is 5. The van der Waals surface area contributed by atoms with E-state index in [1.165, 1.54) is 17.9 Å². The van der Waals surface area contributed by atoms with Crippen molar-refractivity contribution < 1.29 is 4.84 Å². The van der Waals surface area contributed by atoms with E-state index in [4.69, 9.17) is 28.0 Å². The molecule has 10 heteroatoms. The van der Waals surface area contributed by atoms with Gasteiger partial charge in [0.15, 0.2) is 17.3 Å². The molecule has 0 saturated heterocycles. The fraction of sp³-hybridized carbons (Fsp3) is 0.294. The largest absolute Gasteiger partial charge is 0.390 e. The molecule has 0 unspecified atom stereocenters. The van der Waals surface area contributed by atoms with E-state index in [1.54, 1.807) is 29.8 Å². The Morgan fingerprint density at radius 2 is 2.00 bits per heavy atom. The van der Waals surface area contributed by atoms with Gasteiger partial charge in [0.05, 0.1) is 23.6 Å². The Bertz CT molecular complexity index is 1210. The van der Waals surface area contributed by atoms with E-state index in [-0.39, 0.29) is 6.10 Å².